The fourth-order valence-corrected chi connectivity index (χ4v) is 1.17. The number of anilines is 2. The summed E-state index contributed by atoms with van der Waals surface area (Å²) in [6, 6.07) is 0. The molecule has 8 heteroatoms. The first kappa shape index (κ1) is 14.6. The normalized spacial score (nSPS) is 10.4. The van der Waals surface area contributed by atoms with Crippen LogP contribution in [0.5, 0.6) is 0 Å². The second-order valence-electron chi connectivity index (χ2n) is 3.51. The van der Waals surface area contributed by atoms with E-state index in [1.807, 2.05) is 7.05 Å². The number of hydrogen-bond acceptors (Lipinski definition) is 8. The Morgan fingerprint density at radius 1 is 1.11 bits per heavy atom. The second-order valence-corrected chi connectivity index (χ2v) is 3.51. The van der Waals surface area contributed by atoms with Crippen LogP contribution in [-0.2, 0) is 4.74 Å². The van der Waals surface area contributed by atoms with Crippen molar-refractivity contribution in [2.75, 3.05) is 50.7 Å². The number of ether oxygens (including phenoxy) is 1. The topological polar surface area (TPSA) is 104 Å². The van der Waals surface area contributed by atoms with Gasteiger partial charge in [0.15, 0.2) is 0 Å². The third-order valence-corrected chi connectivity index (χ3v) is 1.97. The van der Waals surface area contributed by atoms with Crippen LogP contribution < -0.4 is 16.0 Å². The van der Waals surface area contributed by atoms with Crippen LogP contribution in [-0.4, -0.2) is 60.1 Å². The molecule has 0 aromatic carbocycles. The van der Waals surface area contributed by atoms with Crippen molar-refractivity contribution in [3.63, 3.8) is 0 Å². The Kier molecular flexibility index (Phi) is 6.92. The third kappa shape index (κ3) is 5.71. The summed E-state index contributed by atoms with van der Waals surface area (Å²) < 4.78 is 5.30. The minimum absolute atomic E-state index is 0.0284. The van der Waals surface area contributed by atoms with Crippen LogP contribution >= 0.6 is 0 Å². The largest absolute Gasteiger partial charge is 0.395 e. The molecule has 0 fully saturated rings. The fraction of sp³-hybridized carbons (Fsp3) is 0.700. The van der Waals surface area contributed by atoms with E-state index in [-0.39, 0.29) is 6.61 Å². The molecule has 0 aliphatic carbocycles. The Morgan fingerprint density at radius 2 is 1.83 bits per heavy atom. The summed E-state index contributed by atoms with van der Waals surface area (Å²) in [7, 11) is 1.87. The highest BCUT2D eigenvalue weighted by atomic mass is 16.5. The zero-order chi connectivity index (χ0) is 13.2. The van der Waals surface area contributed by atoms with Gasteiger partial charge in [0.2, 0.25) is 11.9 Å². The van der Waals surface area contributed by atoms with E-state index in [9.17, 15) is 0 Å². The number of aliphatic hydroxyl groups excluding tert-OH is 1. The minimum Gasteiger partial charge on any atom is -0.395 e. The fourth-order valence-electron chi connectivity index (χ4n) is 1.17. The molecule has 0 unspecified atom stereocenters. The van der Waals surface area contributed by atoms with Gasteiger partial charge in [0.05, 0.1) is 13.2 Å². The van der Waals surface area contributed by atoms with Crippen molar-refractivity contribution < 1.29 is 9.84 Å². The molecule has 1 rings (SSSR count). The zero-order valence-electron chi connectivity index (χ0n) is 10.7. The molecule has 0 bridgehead atoms. The van der Waals surface area contributed by atoms with E-state index in [1.165, 1.54) is 0 Å². The van der Waals surface area contributed by atoms with Gasteiger partial charge in [0.25, 0.3) is 0 Å². The number of nitrogens with zero attached hydrogens (tertiary/aromatic N) is 3. The van der Waals surface area contributed by atoms with E-state index < -0.39 is 0 Å². The minimum atomic E-state index is 0.0284. The number of rotatable bonds is 9. The van der Waals surface area contributed by atoms with Crippen molar-refractivity contribution in [3.05, 3.63) is 5.82 Å². The maximum atomic E-state index is 8.71. The molecule has 18 heavy (non-hydrogen) atoms. The summed E-state index contributed by atoms with van der Waals surface area (Å²) in [6.45, 7) is 3.95. The maximum absolute atomic E-state index is 8.71. The lowest BCUT2D eigenvalue weighted by atomic mass is 10.6. The standard InChI is InChI=1S/C10H20N6O2/c1-8-14-9(12-3-5-17)16-10(15-8)13-7-18-6-4-11-2/h11,17H,3-7H2,1-2H3,(H2,12,13,14,15,16). The van der Waals surface area contributed by atoms with Gasteiger partial charge in [-0.25, -0.2) is 0 Å². The Labute approximate surface area is 106 Å². The van der Waals surface area contributed by atoms with Gasteiger partial charge >= 0.3 is 0 Å². The molecule has 0 radical (unpaired) electrons. The van der Waals surface area contributed by atoms with Crippen LogP contribution in [0, 0.1) is 6.92 Å². The van der Waals surface area contributed by atoms with E-state index >= 15 is 0 Å². The number of nitrogens with one attached hydrogen (secondary N) is 3. The Balaban J connectivity index is 2.41. The lowest BCUT2D eigenvalue weighted by Gasteiger charge is -2.08. The van der Waals surface area contributed by atoms with Crippen LogP contribution in [0.25, 0.3) is 0 Å². The molecular weight excluding hydrogens is 236 g/mol. The first-order valence-corrected chi connectivity index (χ1v) is 5.80. The highest BCUT2D eigenvalue weighted by Gasteiger charge is 2.02. The molecule has 0 saturated carbocycles. The molecule has 0 saturated heterocycles. The number of aromatic nitrogens is 3. The Bertz CT molecular complexity index is 349. The van der Waals surface area contributed by atoms with Crippen LogP contribution in [0.1, 0.15) is 5.82 Å². The van der Waals surface area contributed by atoms with Gasteiger partial charge in [0.1, 0.15) is 12.6 Å². The summed E-state index contributed by atoms with van der Waals surface area (Å²) in [4.78, 5) is 12.4. The second kappa shape index (κ2) is 8.56. The summed E-state index contributed by atoms with van der Waals surface area (Å²) in [5.74, 6) is 1.49. The predicted molar refractivity (Wildman–Crippen MR) is 68.5 cm³/mol. The van der Waals surface area contributed by atoms with Gasteiger partial charge in [-0.2, -0.15) is 15.0 Å². The van der Waals surface area contributed by atoms with Gasteiger partial charge in [-0.15, -0.1) is 0 Å². The predicted octanol–water partition coefficient (Wildman–Crippen LogP) is -0.810. The molecule has 0 aliphatic heterocycles. The SMILES string of the molecule is CNCCOCNc1nc(C)nc(NCCO)n1. The Morgan fingerprint density at radius 3 is 2.50 bits per heavy atom. The van der Waals surface area contributed by atoms with E-state index in [0.29, 0.717) is 37.6 Å². The van der Waals surface area contributed by atoms with Crippen LogP contribution in [0.3, 0.4) is 0 Å². The Hall–Kier alpha value is -1.51. The average molecular weight is 256 g/mol. The van der Waals surface area contributed by atoms with Crippen LogP contribution in [0.15, 0.2) is 0 Å². The quantitative estimate of drug-likeness (QED) is 0.336. The smallest absolute Gasteiger partial charge is 0.229 e. The molecular formula is C10H20N6O2. The van der Waals surface area contributed by atoms with Crippen LogP contribution in [0.4, 0.5) is 11.9 Å². The third-order valence-electron chi connectivity index (χ3n) is 1.97. The highest BCUT2D eigenvalue weighted by Crippen LogP contribution is 2.04. The molecule has 4 N–H and O–H groups in total. The van der Waals surface area contributed by atoms with E-state index in [1.54, 1.807) is 6.92 Å². The highest BCUT2D eigenvalue weighted by molar-refractivity contribution is 5.33. The molecule has 0 atom stereocenters. The van der Waals surface area contributed by atoms with E-state index in [0.717, 1.165) is 6.54 Å². The molecule has 1 heterocycles. The first-order valence-electron chi connectivity index (χ1n) is 5.80. The van der Waals surface area contributed by atoms with Gasteiger partial charge in [-0.1, -0.05) is 0 Å². The van der Waals surface area contributed by atoms with Crippen molar-refractivity contribution >= 4 is 11.9 Å². The summed E-state index contributed by atoms with van der Waals surface area (Å²) in [6.07, 6.45) is 0. The van der Waals surface area contributed by atoms with Crippen molar-refractivity contribution in [2.45, 2.75) is 6.92 Å². The molecule has 1 aromatic rings. The van der Waals surface area contributed by atoms with Gasteiger partial charge in [-0.05, 0) is 14.0 Å². The number of hydrogen-bond donors (Lipinski definition) is 4. The van der Waals surface area contributed by atoms with Gasteiger partial charge in [0, 0.05) is 13.1 Å². The first-order chi connectivity index (χ1) is 8.76. The monoisotopic (exact) mass is 256 g/mol. The molecule has 0 amide bonds. The molecule has 102 valence electrons. The lowest BCUT2D eigenvalue weighted by molar-refractivity contribution is 0.155. The molecule has 0 aliphatic rings. The number of aryl methyl sites for hydroxylation is 1. The van der Waals surface area contributed by atoms with Gasteiger partial charge in [-0.3, -0.25) is 0 Å². The van der Waals surface area contributed by atoms with Crippen molar-refractivity contribution in [3.8, 4) is 0 Å². The zero-order valence-corrected chi connectivity index (χ0v) is 10.7. The van der Waals surface area contributed by atoms with Crippen molar-refractivity contribution in [2.24, 2.45) is 0 Å². The number of aliphatic hydroxyl groups is 1. The maximum Gasteiger partial charge on any atom is 0.229 e. The van der Waals surface area contributed by atoms with Crippen LogP contribution in [0.2, 0.25) is 0 Å². The van der Waals surface area contributed by atoms with Gasteiger partial charge < -0.3 is 25.8 Å². The molecule has 0 spiro atoms. The number of likely N-dealkylation sites (N-methyl/N-ethyl adjacent to an activating group) is 1. The summed E-state index contributed by atoms with van der Waals surface area (Å²) in [5, 5.41) is 17.5. The van der Waals surface area contributed by atoms with Crippen molar-refractivity contribution in [1.29, 1.82) is 0 Å². The summed E-state index contributed by atoms with van der Waals surface area (Å²) in [5.41, 5.74) is 0. The van der Waals surface area contributed by atoms with E-state index in [4.69, 9.17) is 9.84 Å². The van der Waals surface area contributed by atoms with Crippen molar-refractivity contribution in [1.82, 2.24) is 20.3 Å². The molecule has 8 nitrogen and oxygen atoms in total. The average Bonchev–Trinajstić information content (AvgIpc) is 2.35. The van der Waals surface area contributed by atoms with E-state index in [2.05, 4.69) is 30.9 Å². The summed E-state index contributed by atoms with van der Waals surface area (Å²) >= 11 is 0. The molecule has 1 aromatic heterocycles. The lowest BCUT2D eigenvalue weighted by Crippen LogP contribution is -2.18.